The van der Waals surface area contributed by atoms with Gasteiger partial charge in [-0.1, -0.05) is 44.2 Å². The average Bonchev–Trinajstić information content (AvgIpc) is 3.46. The van der Waals surface area contributed by atoms with Gasteiger partial charge in [-0.05, 0) is 53.3 Å². The van der Waals surface area contributed by atoms with E-state index in [0.29, 0.717) is 16.5 Å². The highest BCUT2D eigenvalue weighted by Crippen LogP contribution is 2.38. The fraction of sp³-hybridized carbons (Fsp3) is 0.333. The van der Waals surface area contributed by atoms with Crippen molar-refractivity contribution in [1.29, 1.82) is 5.26 Å². The fourth-order valence-corrected chi connectivity index (χ4v) is 5.97. The Morgan fingerprint density at radius 1 is 1.17 bits per heavy atom. The smallest absolute Gasteiger partial charge is 0.238 e. The highest BCUT2D eigenvalue weighted by molar-refractivity contribution is 7.16. The molecular formula is C24H25N3OS2. The van der Waals surface area contributed by atoms with Crippen molar-refractivity contribution in [3.8, 4) is 6.07 Å². The van der Waals surface area contributed by atoms with Crippen molar-refractivity contribution in [2.24, 2.45) is 0 Å². The second kappa shape index (κ2) is 9.13. The van der Waals surface area contributed by atoms with Gasteiger partial charge in [0.25, 0.3) is 0 Å². The first-order valence-corrected chi connectivity index (χ1v) is 12.0. The van der Waals surface area contributed by atoms with Crippen LogP contribution in [0.25, 0.3) is 0 Å². The van der Waals surface area contributed by atoms with E-state index in [2.05, 4.69) is 66.3 Å². The van der Waals surface area contributed by atoms with Crippen molar-refractivity contribution in [3.05, 3.63) is 73.8 Å². The number of rotatable bonds is 7. The summed E-state index contributed by atoms with van der Waals surface area (Å²) in [4.78, 5) is 15.1. The van der Waals surface area contributed by atoms with Gasteiger partial charge in [0.05, 0.1) is 18.2 Å². The zero-order valence-electron chi connectivity index (χ0n) is 17.2. The predicted octanol–water partition coefficient (Wildman–Crippen LogP) is 5.61. The monoisotopic (exact) mass is 435 g/mol. The van der Waals surface area contributed by atoms with Gasteiger partial charge in [0.2, 0.25) is 5.91 Å². The van der Waals surface area contributed by atoms with E-state index in [1.165, 1.54) is 15.3 Å². The summed E-state index contributed by atoms with van der Waals surface area (Å²) in [5.74, 6) is 0.367. The largest absolute Gasteiger partial charge is 0.315 e. The minimum absolute atomic E-state index is 0.0410. The van der Waals surface area contributed by atoms with Crippen molar-refractivity contribution in [3.63, 3.8) is 0 Å². The Labute approximate surface area is 185 Å². The van der Waals surface area contributed by atoms with Gasteiger partial charge in [0.1, 0.15) is 11.1 Å². The maximum absolute atomic E-state index is 12.7. The number of fused-ring (bicyclic) bond motifs is 1. The summed E-state index contributed by atoms with van der Waals surface area (Å²) in [5, 5.41) is 18.7. The van der Waals surface area contributed by atoms with Gasteiger partial charge < -0.3 is 5.32 Å². The molecule has 0 saturated carbocycles. The van der Waals surface area contributed by atoms with Crippen LogP contribution in [-0.4, -0.2) is 12.5 Å². The summed E-state index contributed by atoms with van der Waals surface area (Å²) in [6, 6.07) is 15.0. The summed E-state index contributed by atoms with van der Waals surface area (Å²) < 4.78 is 0. The molecule has 1 atom stereocenters. The molecule has 0 saturated heterocycles. The van der Waals surface area contributed by atoms with Crippen molar-refractivity contribution in [2.45, 2.75) is 45.1 Å². The standard InChI is InChI=1S/C24H25N3OS2/c1-15(2)16-8-10-17(11-9-16)23(21-7-4-12-29-21)26-14-22(28)27-24-19(13-25)18-5-3-6-20(18)30-24/h4,7-12,15,23,26H,3,5-6,14H2,1-2H3,(H,27,28). The lowest BCUT2D eigenvalue weighted by molar-refractivity contribution is -0.115. The molecule has 6 heteroatoms. The van der Waals surface area contributed by atoms with E-state index >= 15 is 0 Å². The Balaban J connectivity index is 1.47. The van der Waals surface area contributed by atoms with E-state index in [4.69, 9.17) is 0 Å². The first-order chi connectivity index (χ1) is 14.6. The summed E-state index contributed by atoms with van der Waals surface area (Å²) in [5.41, 5.74) is 4.23. The molecule has 1 amide bonds. The summed E-state index contributed by atoms with van der Waals surface area (Å²) in [6.07, 6.45) is 3.05. The Kier molecular flexibility index (Phi) is 6.33. The third kappa shape index (κ3) is 4.34. The molecule has 1 aliphatic rings. The average molecular weight is 436 g/mol. The van der Waals surface area contributed by atoms with Crippen LogP contribution in [0.5, 0.6) is 0 Å². The molecular weight excluding hydrogens is 410 g/mol. The predicted molar refractivity (Wildman–Crippen MR) is 124 cm³/mol. The number of nitriles is 1. The second-order valence-electron chi connectivity index (χ2n) is 7.87. The number of hydrogen-bond acceptors (Lipinski definition) is 5. The molecule has 154 valence electrons. The molecule has 2 heterocycles. The molecule has 0 radical (unpaired) electrons. The lowest BCUT2D eigenvalue weighted by Gasteiger charge is -2.19. The number of aryl methyl sites for hydroxylation is 1. The molecule has 0 spiro atoms. The molecule has 30 heavy (non-hydrogen) atoms. The number of nitrogens with zero attached hydrogens (tertiary/aromatic N) is 1. The Morgan fingerprint density at radius 2 is 1.93 bits per heavy atom. The van der Waals surface area contributed by atoms with Crippen LogP contribution in [0.15, 0.2) is 41.8 Å². The van der Waals surface area contributed by atoms with Crippen LogP contribution in [0.4, 0.5) is 5.00 Å². The summed E-state index contributed by atoms with van der Waals surface area (Å²) in [7, 11) is 0. The third-order valence-corrected chi connectivity index (χ3v) is 7.66. The normalized spacial score (nSPS) is 13.8. The minimum atomic E-state index is -0.119. The molecule has 0 bridgehead atoms. The van der Waals surface area contributed by atoms with E-state index in [-0.39, 0.29) is 18.5 Å². The number of nitrogens with one attached hydrogen (secondary N) is 2. The van der Waals surface area contributed by atoms with E-state index in [1.807, 2.05) is 6.07 Å². The summed E-state index contributed by atoms with van der Waals surface area (Å²) in [6.45, 7) is 4.55. The highest BCUT2D eigenvalue weighted by Gasteiger charge is 2.23. The van der Waals surface area contributed by atoms with Gasteiger partial charge in [-0.2, -0.15) is 5.26 Å². The Hall–Kier alpha value is -2.46. The van der Waals surface area contributed by atoms with Crippen molar-refractivity contribution in [1.82, 2.24) is 5.32 Å². The number of hydrogen-bond donors (Lipinski definition) is 2. The second-order valence-corrected chi connectivity index (χ2v) is 9.96. The van der Waals surface area contributed by atoms with Gasteiger partial charge in [-0.25, -0.2) is 0 Å². The SMILES string of the molecule is CC(C)c1ccc(C(NCC(=O)Nc2sc3c(c2C#N)CCC3)c2cccs2)cc1. The molecule has 3 aromatic rings. The van der Waals surface area contributed by atoms with Gasteiger partial charge >= 0.3 is 0 Å². The third-order valence-electron chi connectivity index (χ3n) is 5.52. The Morgan fingerprint density at radius 3 is 2.60 bits per heavy atom. The minimum Gasteiger partial charge on any atom is -0.315 e. The van der Waals surface area contributed by atoms with E-state index in [0.717, 1.165) is 30.4 Å². The van der Waals surface area contributed by atoms with Crippen LogP contribution < -0.4 is 10.6 Å². The van der Waals surface area contributed by atoms with Crippen LogP contribution in [0.2, 0.25) is 0 Å². The van der Waals surface area contributed by atoms with Gasteiger partial charge in [0.15, 0.2) is 0 Å². The number of carbonyl (C=O) groups excluding carboxylic acids is 1. The Bertz CT molecular complexity index is 1060. The number of amides is 1. The molecule has 1 aromatic carbocycles. The molecule has 2 aromatic heterocycles. The lowest BCUT2D eigenvalue weighted by atomic mass is 9.98. The number of benzene rings is 1. The molecule has 4 nitrogen and oxygen atoms in total. The van der Waals surface area contributed by atoms with Crippen LogP contribution in [0.3, 0.4) is 0 Å². The maximum Gasteiger partial charge on any atom is 0.238 e. The van der Waals surface area contributed by atoms with Crippen LogP contribution >= 0.6 is 22.7 Å². The van der Waals surface area contributed by atoms with E-state index < -0.39 is 0 Å². The number of anilines is 1. The first kappa shape index (κ1) is 20.8. The quantitative estimate of drug-likeness (QED) is 0.507. The summed E-state index contributed by atoms with van der Waals surface area (Å²) >= 11 is 3.23. The van der Waals surface area contributed by atoms with Crippen LogP contribution in [0, 0.1) is 11.3 Å². The van der Waals surface area contributed by atoms with E-state index in [9.17, 15) is 10.1 Å². The van der Waals surface area contributed by atoms with Crippen molar-refractivity contribution in [2.75, 3.05) is 11.9 Å². The van der Waals surface area contributed by atoms with Gasteiger partial charge in [-0.15, -0.1) is 22.7 Å². The van der Waals surface area contributed by atoms with Gasteiger partial charge in [0, 0.05) is 9.75 Å². The molecule has 0 fully saturated rings. The lowest BCUT2D eigenvalue weighted by Crippen LogP contribution is -2.31. The molecule has 0 aliphatic heterocycles. The first-order valence-electron chi connectivity index (χ1n) is 10.3. The number of thiophene rings is 2. The van der Waals surface area contributed by atoms with Crippen LogP contribution in [-0.2, 0) is 17.6 Å². The molecule has 1 unspecified atom stereocenters. The topological polar surface area (TPSA) is 64.9 Å². The highest BCUT2D eigenvalue weighted by atomic mass is 32.1. The van der Waals surface area contributed by atoms with Crippen molar-refractivity contribution >= 4 is 33.6 Å². The molecule has 4 rings (SSSR count). The molecule has 2 N–H and O–H groups in total. The van der Waals surface area contributed by atoms with Gasteiger partial charge in [-0.3, -0.25) is 10.1 Å². The van der Waals surface area contributed by atoms with Crippen molar-refractivity contribution < 1.29 is 4.79 Å². The molecule has 1 aliphatic carbocycles. The number of carbonyl (C=O) groups is 1. The zero-order valence-corrected chi connectivity index (χ0v) is 18.8. The fourth-order valence-electron chi connectivity index (χ4n) is 3.89. The van der Waals surface area contributed by atoms with E-state index in [1.54, 1.807) is 22.7 Å². The zero-order chi connectivity index (χ0) is 21.1. The van der Waals surface area contributed by atoms with Crippen LogP contribution in [0.1, 0.15) is 64.2 Å². The maximum atomic E-state index is 12.7.